The Labute approximate surface area is 118 Å². The molecule has 0 spiro atoms. The second kappa shape index (κ2) is 7.77. The van der Waals surface area contributed by atoms with Crippen LogP contribution in [0, 0.1) is 11.8 Å². The highest BCUT2D eigenvalue weighted by molar-refractivity contribution is 6.99. The molecule has 0 aliphatic heterocycles. The van der Waals surface area contributed by atoms with Gasteiger partial charge in [-0.2, -0.15) is 4.37 Å². The van der Waals surface area contributed by atoms with Gasteiger partial charge in [-0.15, -0.1) is 4.37 Å². The molecule has 108 valence electrons. The van der Waals surface area contributed by atoms with E-state index in [2.05, 4.69) is 21.0 Å². The van der Waals surface area contributed by atoms with Gasteiger partial charge in [-0.3, -0.25) is 0 Å². The Hall–Kier alpha value is -0.720. The molecule has 1 fully saturated rings. The highest BCUT2D eigenvalue weighted by atomic mass is 32.1. The Morgan fingerprint density at radius 1 is 1.47 bits per heavy atom. The lowest BCUT2D eigenvalue weighted by Crippen LogP contribution is -2.35. The van der Waals surface area contributed by atoms with Crippen LogP contribution in [0.25, 0.3) is 0 Å². The minimum atomic E-state index is -0.496. The summed E-state index contributed by atoms with van der Waals surface area (Å²) in [5.74, 6) is 2.15. The number of nitrogens with zero attached hydrogens (tertiary/aromatic N) is 2. The molecule has 5 nitrogen and oxygen atoms in total. The maximum absolute atomic E-state index is 9.79. The van der Waals surface area contributed by atoms with E-state index >= 15 is 0 Å². The fourth-order valence-electron chi connectivity index (χ4n) is 2.45. The summed E-state index contributed by atoms with van der Waals surface area (Å²) in [5, 5.41) is 13.1. The normalized spacial score (nSPS) is 25.2. The first kappa shape index (κ1) is 14.7. The molecule has 6 heteroatoms. The van der Waals surface area contributed by atoms with Crippen molar-refractivity contribution in [2.75, 3.05) is 19.7 Å². The molecule has 1 aliphatic rings. The number of hydrogen-bond acceptors (Lipinski definition) is 6. The molecule has 1 heterocycles. The zero-order valence-corrected chi connectivity index (χ0v) is 12.2. The van der Waals surface area contributed by atoms with Gasteiger partial charge in [0, 0.05) is 6.54 Å². The average Bonchev–Trinajstić information content (AvgIpc) is 2.92. The molecule has 0 amide bonds. The number of aromatic nitrogens is 2. The van der Waals surface area contributed by atoms with Crippen LogP contribution >= 0.6 is 11.7 Å². The van der Waals surface area contributed by atoms with Gasteiger partial charge < -0.3 is 15.2 Å². The van der Waals surface area contributed by atoms with E-state index in [4.69, 9.17) is 4.74 Å². The lowest BCUT2D eigenvalue weighted by atomic mass is 9.83. The zero-order valence-electron chi connectivity index (χ0n) is 11.4. The fourth-order valence-corrected chi connectivity index (χ4v) is 2.81. The van der Waals surface area contributed by atoms with Crippen molar-refractivity contribution in [2.45, 2.75) is 38.7 Å². The van der Waals surface area contributed by atoms with E-state index in [1.807, 2.05) is 0 Å². The summed E-state index contributed by atoms with van der Waals surface area (Å²) >= 11 is 1.11. The Kier molecular flexibility index (Phi) is 6.00. The number of aliphatic hydroxyl groups is 1. The van der Waals surface area contributed by atoms with Crippen LogP contribution in [0.15, 0.2) is 6.20 Å². The maximum Gasteiger partial charge on any atom is 0.245 e. The molecule has 19 heavy (non-hydrogen) atoms. The highest BCUT2D eigenvalue weighted by Crippen LogP contribution is 2.27. The van der Waals surface area contributed by atoms with Crippen molar-refractivity contribution < 1.29 is 9.84 Å². The van der Waals surface area contributed by atoms with Crippen molar-refractivity contribution >= 4 is 11.7 Å². The van der Waals surface area contributed by atoms with Crippen LogP contribution in [-0.4, -0.2) is 39.7 Å². The fraction of sp³-hybridized carbons (Fsp3) is 0.846. The Balaban J connectivity index is 1.52. The van der Waals surface area contributed by atoms with E-state index in [-0.39, 0.29) is 6.61 Å². The molecule has 0 radical (unpaired) electrons. The second-order valence-corrected chi connectivity index (χ2v) is 6.05. The monoisotopic (exact) mass is 285 g/mol. The van der Waals surface area contributed by atoms with E-state index < -0.39 is 6.10 Å². The van der Waals surface area contributed by atoms with Gasteiger partial charge in [-0.05, 0) is 31.2 Å². The van der Waals surface area contributed by atoms with Gasteiger partial charge in [-0.1, -0.05) is 19.8 Å². The topological polar surface area (TPSA) is 67.3 Å². The first-order valence-corrected chi connectivity index (χ1v) is 7.76. The number of aliphatic hydroxyl groups excluding tert-OH is 1. The summed E-state index contributed by atoms with van der Waals surface area (Å²) in [7, 11) is 0. The van der Waals surface area contributed by atoms with Gasteiger partial charge in [0.2, 0.25) is 5.88 Å². The molecule has 0 bridgehead atoms. The van der Waals surface area contributed by atoms with Crippen molar-refractivity contribution in [3.63, 3.8) is 0 Å². The molecule has 1 aliphatic carbocycles. The molecular formula is C13H23N3O2S. The quantitative estimate of drug-likeness (QED) is 0.798. The van der Waals surface area contributed by atoms with Crippen LogP contribution in [0.5, 0.6) is 5.88 Å². The standard InChI is InChI=1S/C13H23N3O2S/c1-10-2-4-11(5-3-10)6-14-7-12(17)9-18-13-8-15-19-16-13/h8,10-12,14,17H,2-7,9H2,1H3. The Morgan fingerprint density at radius 3 is 2.95 bits per heavy atom. The number of nitrogens with one attached hydrogen (secondary N) is 1. The van der Waals surface area contributed by atoms with Crippen LogP contribution < -0.4 is 10.1 Å². The van der Waals surface area contributed by atoms with Crippen molar-refractivity contribution in [3.05, 3.63) is 6.20 Å². The summed E-state index contributed by atoms with van der Waals surface area (Å²) in [5.41, 5.74) is 0. The Morgan fingerprint density at radius 2 is 2.26 bits per heavy atom. The SMILES string of the molecule is CC1CCC(CNCC(O)COc2cnsn2)CC1. The van der Waals surface area contributed by atoms with Crippen molar-refractivity contribution in [2.24, 2.45) is 11.8 Å². The predicted molar refractivity (Wildman–Crippen MR) is 75.4 cm³/mol. The molecule has 0 saturated heterocycles. The molecular weight excluding hydrogens is 262 g/mol. The smallest absolute Gasteiger partial charge is 0.245 e. The zero-order chi connectivity index (χ0) is 13.5. The van der Waals surface area contributed by atoms with Crippen LogP contribution in [0.3, 0.4) is 0 Å². The van der Waals surface area contributed by atoms with E-state index in [1.54, 1.807) is 6.20 Å². The van der Waals surface area contributed by atoms with Crippen molar-refractivity contribution in [3.8, 4) is 5.88 Å². The lowest BCUT2D eigenvalue weighted by Gasteiger charge is -2.26. The first-order valence-electron chi connectivity index (χ1n) is 7.03. The molecule has 2 rings (SSSR count). The third-order valence-electron chi connectivity index (χ3n) is 3.71. The van der Waals surface area contributed by atoms with Gasteiger partial charge in [0.25, 0.3) is 0 Å². The lowest BCUT2D eigenvalue weighted by molar-refractivity contribution is 0.102. The minimum absolute atomic E-state index is 0.264. The van der Waals surface area contributed by atoms with Gasteiger partial charge in [0.1, 0.15) is 18.9 Å². The number of rotatable bonds is 7. The highest BCUT2D eigenvalue weighted by Gasteiger charge is 2.18. The number of hydrogen-bond donors (Lipinski definition) is 2. The maximum atomic E-state index is 9.79. The van der Waals surface area contributed by atoms with E-state index in [1.165, 1.54) is 25.7 Å². The van der Waals surface area contributed by atoms with Gasteiger partial charge >= 0.3 is 0 Å². The van der Waals surface area contributed by atoms with Crippen LogP contribution in [0.4, 0.5) is 0 Å². The number of ether oxygens (including phenoxy) is 1. The summed E-state index contributed by atoms with van der Waals surface area (Å²) in [4.78, 5) is 0. The minimum Gasteiger partial charge on any atom is -0.473 e. The summed E-state index contributed by atoms with van der Waals surface area (Å²) in [6, 6.07) is 0. The van der Waals surface area contributed by atoms with Gasteiger partial charge in [-0.25, -0.2) is 0 Å². The third-order valence-corrected chi connectivity index (χ3v) is 4.17. The molecule has 1 unspecified atom stereocenters. The average molecular weight is 285 g/mol. The van der Waals surface area contributed by atoms with Crippen molar-refractivity contribution in [1.82, 2.24) is 14.1 Å². The van der Waals surface area contributed by atoms with E-state index in [0.29, 0.717) is 12.4 Å². The van der Waals surface area contributed by atoms with Crippen LogP contribution in [0.1, 0.15) is 32.6 Å². The molecule has 0 aromatic carbocycles. The summed E-state index contributed by atoms with van der Waals surface area (Å²) < 4.78 is 13.1. The van der Waals surface area contributed by atoms with Gasteiger partial charge in [0.05, 0.1) is 11.7 Å². The third kappa shape index (κ3) is 5.42. The molecule has 1 saturated carbocycles. The van der Waals surface area contributed by atoms with Crippen LogP contribution in [0.2, 0.25) is 0 Å². The molecule has 1 aromatic heterocycles. The molecule has 2 N–H and O–H groups in total. The van der Waals surface area contributed by atoms with Crippen molar-refractivity contribution in [1.29, 1.82) is 0 Å². The predicted octanol–water partition coefficient (Wildman–Crippen LogP) is 1.69. The van der Waals surface area contributed by atoms with Crippen LogP contribution in [-0.2, 0) is 0 Å². The van der Waals surface area contributed by atoms with E-state index in [0.717, 1.165) is 30.1 Å². The largest absolute Gasteiger partial charge is 0.473 e. The summed E-state index contributed by atoms with van der Waals surface area (Å²) in [6.45, 7) is 4.17. The Bertz CT molecular complexity index is 340. The molecule has 1 aromatic rings. The summed E-state index contributed by atoms with van der Waals surface area (Å²) in [6.07, 6.45) is 6.37. The molecule has 1 atom stereocenters. The van der Waals surface area contributed by atoms with E-state index in [9.17, 15) is 5.11 Å². The van der Waals surface area contributed by atoms with Gasteiger partial charge in [0.15, 0.2) is 0 Å². The second-order valence-electron chi connectivity index (χ2n) is 5.49. The first-order chi connectivity index (χ1) is 9.24.